The van der Waals surface area contributed by atoms with Crippen LogP contribution in [-0.2, 0) is 0 Å². The maximum atomic E-state index is 12.1. The standard InChI is InChI=1S/C22H26N4O/c1-6-26-20-10-15(2)18(11-19(20)16(3)12-22(26,4)5)14-24-25-21(27)17-8-7-9-23-13-17/h7-14H,6H2,1-5H3,(H,25,27)/b24-14+. The number of pyridine rings is 1. The first kappa shape index (κ1) is 18.8. The van der Waals surface area contributed by atoms with Gasteiger partial charge in [0.05, 0.1) is 17.3 Å². The summed E-state index contributed by atoms with van der Waals surface area (Å²) in [7, 11) is 0. The van der Waals surface area contributed by atoms with Gasteiger partial charge in [-0.1, -0.05) is 6.08 Å². The monoisotopic (exact) mass is 362 g/mol. The predicted octanol–water partition coefficient (Wildman–Crippen LogP) is 4.18. The van der Waals surface area contributed by atoms with Crippen LogP contribution in [0.2, 0.25) is 0 Å². The lowest BCUT2D eigenvalue weighted by atomic mass is 9.87. The third kappa shape index (κ3) is 3.77. The van der Waals surface area contributed by atoms with Crippen molar-refractivity contribution in [2.75, 3.05) is 11.4 Å². The SMILES string of the molecule is CCN1c2cc(C)c(/C=N/NC(=O)c3cccnc3)cc2C(C)=CC1(C)C. The summed E-state index contributed by atoms with van der Waals surface area (Å²) >= 11 is 0. The number of nitrogens with zero attached hydrogens (tertiary/aromatic N) is 3. The van der Waals surface area contributed by atoms with Crippen molar-refractivity contribution in [1.29, 1.82) is 0 Å². The van der Waals surface area contributed by atoms with E-state index in [9.17, 15) is 4.79 Å². The lowest BCUT2D eigenvalue weighted by Crippen LogP contribution is -2.45. The van der Waals surface area contributed by atoms with Crippen molar-refractivity contribution in [3.05, 3.63) is 65.0 Å². The Morgan fingerprint density at radius 1 is 1.33 bits per heavy atom. The zero-order chi connectivity index (χ0) is 19.6. The first-order valence-electron chi connectivity index (χ1n) is 9.19. The molecule has 2 aromatic rings. The molecular weight excluding hydrogens is 336 g/mol. The Morgan fingerprint density at radius 3 is 2.78 bits per heavy atom. The van der Waals surface area contributed by atoms with Crippen LogP contribution >= 0.6 is 0 Å². The molecule has 2 heterocycles. The Morgan fingerprint density at radius 2 is 2.11 bits per heavy atom. The van der Waals surface area contributed by atoms with Crippen LogP contribution in [0, 0.1) is 6.92 Å². The van der Waals surface area contributed by atoms with E-state index in [2.05, 4.69) is 73.2 Å². The highest BCUT2D eigenvalue weighted by molar-refractivity contribution is 5.95. The van der Waals surface area contributed by atoms with E-state index in [-0.39, 0.29) is 11.4 Å². The molecule has 0 fully saturated rings. The van der Waals surface area contributed by atoms with Gasteiger partial charge in [-0.05, 0) is 75.6 Å². The number of nitrogens with one attached hydrogen (secondary N) is 1. The van der Waals surface area contributed by atoms with E-state index < -0.39 is 0 Å². The largest absolute Gasteiger partial charge is 0.363 e. The minimum Gasteiger partial charge on any atom is -0.363 e. The van der Waals surface area contributed by atoms with Gasteiger partial charge in [0.25, 0.3) is 5.91 Å². The van der Waals surface area contributed by atoms with Gasteiger partial charge in [-0.3, -0.25) is 9.78 Å². The van der Waals surface area contributed by atoms with Crippen LogP contribution in [0.1, 0.15) is 54.7 Å². The van der Waals surface area contributed by atoms with Gasteiger partial charge in [-0.15, -0.1) is 0 Å². The topological polar surface area (TPSA) is 57.6 Å². The van der Waals surface area contributed by atoms with E-state index in [0.29, 0.717) is 5.56 Å². The summed E-state index contributed by atoms with van der Waals surface area (Å²) in [5.41, 5.74) is 8.87. The molecule has 1 aromatic heterocycles. The number of aromatic nitrogens is 1. The number of hydrazone groups is 1. The molecule has 0 saturated carbocycles. The molecular formula is C22H26N4O. The summed E-state index contributed by atoms with van der Waals surface area (Å²) < 4.78 is 0. The van der Waals surface area contributed by atoms with Crippen LogP contribution in [0.15, 0.2) is 47.8 Å². The van der Waals surface area contributed by atoms with Crippen LogP contribution in [0.3, 0.4) is 0 Å². The minimum absolute atomic E-state index is 0.00836. The molecule has 140 valence electrons. The molecule has 27 heavy (non-hydrogen) atoms. The van der Waals surface area contributed by atoms with E-state index in [1.165, 1.54) is 23.0 Å². The second kappa shape index (κ2) is 7.35. The predicted molar refractivity (Wildman–Crippen MR) is 111 cm³/mol. The number of likely N-dealkylation sites (N-methyl/N-ethyl adjacent to an activating group) is 1. The van der Waals surface area contributed by atoms with Crippen LogP contribution in [0.5, 0.6) is 0 Å². The zero-order valence-electron chi connectivity index (χ0n) is 16.6. The number of benzene rings is 1. The normalized spacial score (nSPS) is 15.4. The molecule has 1 aliphatic heterocycles. The molecule has 1 aromatic carbocycles. The van der Waals surface area contributed by atoms with Crippen LogP contribution in [0.25, 0.3) is 5.57 Å². The average molecular weight is 362 g/mol. The van der Waals surface area contributed by atoms with Crippen LogP contribution in [0.4, 0.5) is 5.69 Å². The molecule has 1 amide bonds. The molecule has 5 heteroatoms. The molecule has 0 atom stereocenters. The number of rotatable bonds is 4. The van der Waals surface area contributed by atoms with Crippen molar-refractivity contribution >= 4 is 23.4 Å². The first-order valence-corrected chi connectivity index (χ1v) is 9.19. The number of aryl methyl sites for hydroxylation is 1. The highest BCUT2D eigenvalue weighted by Crippen LogP contribution is 2.39. The first-order chi connectivity index (χ1) is 12.8. The van der Waals surface area contributed by atoms with Gasteiger partial charge < -0.3 is 4.90 Å². The van der Waals surface area contributed by atoms with Gasteiger partial charge in [0, 0.05) is 30.2 Å². The summed E-state index contributed by atoms with van der Waals surface area (Å²) in [6, 6.07) is 7.79. The maximum absolute atomic E-state index is 12.1. The third-order valence-corrected chi connectivity index (χ3v) is 4.98. The lowest BCUT2D eigenvalue weighted by Gasteiger charge is -2.43. The maximum Gasteiger partial charge on any atom is 0.272 e. The molecule has 1 N–H and O–H groups in total. The number of hydrogen-bond acceptors (Lipinski definition) is 4. The molecule has 0 spiro atoms. The Bertz CT molecular complexity index is 913. The van der Waals surface area contributed by atoms with Crippen LogP contribution < -0.4 is 10.3 Å². The number of amides is 1. The molecule has 5 nitrogen and oxygen atoms in total. The molecule has 0 radical (unpaired) electrons. The smallest absolute Gasteiger partial charge is 0.272 e. The van der Waals surface area contributed by atoms with Gasteiger partial charge in [0.1, 0.15) is 0 Å². The second-order valence-corrected chi connectivity index (χ2v) is 7.39. The highest BCUT2D eigenvalue weighted by Gasteiger charge is 2.30. The van der Waals surface area contributed by atoms with Crippen molar-refractivity contribution in [2.45, 2.75) is 40.2 Å². The Hall–Kier alpha value is -2.95. The fraction of sp³-hybridized carbons (Fsp3) is 0.318. The number of fused-ring (bicyclic) bond motifs is 1. The zero-order valence-corrected chi connectivity index (χ0v) is 16.6. The van der Waals surface area contributed by atoms with Crippen molar-refractivity contribution in [3.8, 4) is 0 Å². The summed E-state index contributed by atoms with van der Waals surface area (Å²) in [5.74, 6) is -0.273. The highest BCUT2D eigenvalue weighted by atomic mass is 16.2. The van der Waals surface area contributed by atoms with E-state index in [1.54, 1.807) is 24.5 Å². The summed E-state index contributed by atoms with van der Waals surface area (Å²) in [6.07, 6.45) is 7.16. The fourth-order valence-electron chi connectivity index (χ4n) is 3.68. The van der Waals surface area contributed by atoms with Gasteiger partial charge in [0.15, 0.2) is 0 Å². The van der Waals surface area contributed by atoms with Gasteiger partial charge >= 0.3 is 0 Å². The van der Waals surface area contributed by atoms with Crippen molar-refractivity contribution in [2.24, 2.45) is 5.10 Å². The summed E-state index contributed by atoms with van der Waals surface area (Å²) in [4.78, 5) is 18.4. The van der Waals surface area contributed by atoms with E-state index in [1.807, 2.05) is 0 Å². The molecule has 1 aliphatic rings. The van der Waals surface area contributed by atoms with Crippen molar-refractivity contribution < 1.29 is 4.79 Å². The average Bonchev–Trinajstić information content (AvgIpc) is 2.63. The van der Waals surface area contributed by atoms with Crippen molar-refractivity contribution in [3.63, 3.8) is 0 Å². The fourth-order valence-corrected chi connectivity index (χ4v) is 3.68. The van der Waals surface area contributed by atoms with Crippen molar-refractivity contribution in [1.82, 2.24) is 10.4 Å². The number of hydrogen-bond donors (Lipinski definition) is 1. The van der Waals surface area contributed by atoms with Gasteiger partial charge in [-0.25, -0.2) is 5.43 Å². The van der Waals surface area contributed by atoms with E-state index in [4.69, 9.17) is 0 Å². The Balaban J connectivity index is 1.86. The number of carbonyl (C=O) groups excluding carboxylic acids is 1. The molecule has 3 rings (SSSR count). The van der Waals surface area contributed by atoms with E-state index >= 15 is 0 Å². The van der Waals surface area contributed by atoms with Gasteiger partial charge in [0.2, 0.25) is 0 Å². The molecule has 0 aliphatic carbocycles. The quantitative estimate of drug-likeness (QED) is 0.656. The molecule has 0 saturated heterocycles. The number of anilines is 1. The van der Waals surface area contributed by atoms with Gasteiger partial charge in [-0.2, -0.15) is 5.10 Å². The summed E-state index contributed by atoms with van der Waals surface area (Å²) in [5, 5.41) is 4.14. The second-order valence-electron chi connectivity index (χ2n) is 7.39. The Kier molecular flexibility index (Phi) is 5.13. The number of carbonyl (C=O) groups is 1. The number of allylic oxidation sites excluding steroid dienone is 1. The summed E-state index contributed by atoms with van der Waals surface area (Å²) in [6.45, 7) is 11.8. The Labute approximate surface area is 160 Å². The van der Waals surface area contributed by atoms with Crippen LogP contribution in [-0.4, -0.2) is 29.2 Å². The van der Waals surface area contributed by atoms with E-state index in [0.717, 1.165) is 17.7 Å². The lowest BCUT2D eigenvalue weighted by molar-refractivity contribution is 0.0955. The third-order valence-electron chi connectivity index (χ3n) is 4.98. The molecule has 0 bridgehead atoms. The minimum atomic E-state index is -0.273. The molecule has 0 unspecified atom stereocenters.